The Morgan fingerprint density at radius 1 is 1.20 bits per heavy atom. The van der Waals surface area contributed by atoms with Crippen molar-refractivity contribution in [3.63, 3.8) is 0 Å². The van der Waals surface area contributed by atoms with Crippen molar-refractivity contribution >= 4 is 5.91 Å². The average Bonchev–Trinajstić information content (AvgIpc) is 3.01. The molecule has 3 heteroatoms. The Labute approximate surface area is 119 Å². The van der Waals surface area contributed by atoms with E-state index in [4.69, 9.17) is 4.42 Å². The van der Waals surface area contributed by atoms with Crippen molar-refractivity contribution in [3.05, 3.63) is 59.0 Å². The topological polar surface area (TPSA) is 42.2 Å². The molecule has 1 N–H and O–H groups in total. The van der Waals surface area contributed by atoms with Gasteiger partial charge in [-0.3, -0.25) is 4.79 Å². The van der Waals surface area contributed by atoms with Crippen LogP contribution >= 0.6 is 0 Å². The van der Waals surface area contributed by atoms with Gasteiger partial charge in [-0.25, -0.2) is 0 Å². The largest absolute Gasteiger partial charge is 0.467 e. The third kappa shape index (κ3) is 2.62. The van der Waals surface area contributed by atoms with Gasteiger partial charge in [-0.2, -0.15) is 0 Å². The fourth-order valence-corrected chi connectivity index (χ4v) is 2.76. The SMILES string of the molecule is C[C@H](NC(=O)c1ccc2c(c1)CCCC2)c1ccco1. The second kappa shape index (κ2) is 5.53. The maximum atomic E-state index is 12.3. The maximum Gasteiger partial charge on any atom is 0.251 e. The highest BCUT2D eigenvalue weighted by Crippen LogP contribution is 2.22. The molecule has 104 valence electrons. The minimum Gasteiger partial charge on any atom is -0.467 e. The maximum absolute atomic E-state index is 12.3. The molecule has 1 amide bonds. The zero-order valence-corrected chi connectivity index (χ0v) is 11.7. The number of benzene rings is 1. The van der Waals surface area contributed by atoms with Crippen LogP contribution in [0.15, 0.2) is 41.0 Å². The molecule has 0 saturated heterocycles. The Balaban J connectivity index is 1.74. The van der Waals surface area contributed by atoms with E-state index >= 15 is 0 Å². The second-order valence-corrected chi connectivity index (χ2v) is 5.40. The molecular formula is C17H19NO2. The van der Waals surface area contributed by atoms with Gasteiger partial charge in [-0.1, -0.05) is 6.07 Å². The van der Waals surface area contributed by atoms with E-state index in [1.165, 1.54) is 24.0 Å². The number of fused-ring (bicyclic) bond motifs is 1. The molecular weight excluding hydrogens is 250 g/mol. The van der Waals surface area contributed by atoms with Gasteiger partial charge >= 0.3 is 0 Å². The van der Waals surface area contributed by atoms with Crippen LogP contribution in [0.5, 0.6) is 0 Å². The van der Waals surface area contributed by atoms with E-state index in [0.717, 1.165) is 24.2 Å². The molecule has 1 aliphatic carbocycles. The van der Waals surface area contributed by atoms with Crippen LogP contribution in [0.3, 0.4) is 0 Å². The average molecular weight is 269 g/mol. The van der Waals surface area contributed by atoms with E-state index in [2.05, 4.69) is 11.4 Å². The van der Waals surface area contributed by atoms with Gasteiger partial charge in [0.2, 0.25) is 0 Å². The second-order valence-electron chi connectivity index (χ2n) is 5.40. The Morgan fingerprint density at radius 2 is 2.00 bits per heavy atom. The number of amides is 1. The third-order valence-electron chi connectivity index (χ3n) is 3.93. The van der Waals surface area contributed by atoms with E-state index in [1.54, 1.807) is 6.26 Å². The van der Waals surface area contributed by atoms with E-state index < -0.39 is 0 Å². The summed E-state index contributed by atoms with van der Waals surface area (Å²) >= 11 is 0. The van der Waals surface area contributed by atoms with Crippen LogP contribution in [0.1, 0.15) is 53.1 Å². The lowest BCUT2D eigenvalue weighted by Gasteiger charge is -2.17. The number of nitrogens with one attached hydrogen (secondary N) is 1. The number of furan rings is 1. The van der Waals surface area contributed by atoms with Crippen molar-refractivity contribution in [1.29, 1.82) is 0 Å². The summed E-state index contributed by atoms with van der Waals surface area (Å²) in [5.41, 5.74) is 3.46. The molecule has 1 heterocycles. The van der Waals surface area contributed by atoms with Crippen molar-refractivity contribution in [2.45, 2.75) is 38.6 Å². The van der Waals surface area contributed by atoms with Crippen molar-refractivity contribution in [2.24, 2.45) is 0 Å². The Kier molecular flexibility index (Phi) is 3.59. The molecule has 0 unspecified atom stereocenters. The quantitative estimate of drug-likeness (QED) is 0.924. The van der Waals surface area contributed by atoms with Crippen LogP contribution in [0.4, 0.5) is 0 Å². The zero-order valence-electron chi connectivity index (χ0n) is 11.7. The van der Waals surface area contributed by atoms with Crippen LogP contribution < -0.4 is 5.32 Å². The van der Waals surface area contributed by atoms with E-state index in [1.807, 2.05) is 31.2 Å². The van der Waals surface area contributed by atoms with Gasteiger partial charge in [0, 0.05) is 5.56 Å². The summed E-state index contributed by atoms with van der Waals surface area (Å²) in [5.74, 6) is 0.735. The molecule has 0 saturated carbocycles. The van der Waals surface area contributed by atoms with E-state index in [9.17, 15) is 4.79 Å². The summed E-state index contributed by atoms with van der Waals surface area (Å²) < 4.78 is 5.31. The van der Waals surface area contributed by atoms with Crippen molar-refractivity contribution in [3.8, 4) is 0 Å². The molecule has 20 heavy (non-hydrogen) atoms. The smallest absolute Gasteiger partial charge is 0.251 e. The first kappa shape index (κ1) is 13.0. The molecule has 1 atom stereocenters. The van der Waals surface area contributed by atoms with Crippen molar-refractivity contribution in [2.75, 3.05) is 0 Å². The minimum absolute atomic E-state index is 0.0396. The fourth-order valence-electron chi connectivity index (χ4n) is 2.76. The molecule has 1 aromatic heterocycles. The number of carbonyl (C=O) groups is 1. The predicted octanol–water partition coefficient (Wildman–Crippen LogP) is 3.65. The molecule has 0 fully saturated rings. The predicted molar refractivity (Wildman–Crippen MR) is 77.7 cm³/mol. The Hall–Kier alpha value is -2.03. The number of rotatable bonds is 3. The molecule has 0 aliphatic heterocycles. The first-order valence-electron chi connectivity index (χ1n) is 7.20. The van der Waals surface area contributed by atoms with Crippen LogP contribution in [0.2, 0.25) is 0 Å². The van der Waals surface area contributed by atoms with Crippen LogP contribution in [0, 0.1) is 0 Å². The molecule has 3 rings (SSSR count). The van der Waals surface area contributed by atoms with E-state index in [0.29, 0.717) is 0 Å². The molecule has 0 spiro atoms. The minimum atomic E-state index is -0.117. The number of carbonyl (C=O) groups excluding carboxylic acids is 1. The molecule has 1 aromatic carbocycles. The van der Waals surface area contributed by atoms with Gasteiger partial charge < -0.3 is 9.73 Å². The highest BCUT2D eigenvalue weighted by molar-refractivity contribution is 5.94. The lowest BCUT2D eigenvalue weighted by Crippen LogP contribution is -2.26. The van der Waals surface area contributed by atoms with Crippen molar-refractivity contribution in [1.82, 2.24) is 5.32 Å². The molecule has 3 nitrogen and oxygen atoms in total. The monoisotopic (exact) mass is 269 g/mol. The van der Waals surface area contributed by atoms with Gasteiger partial charge in [0.25, 0.3) is 5.91 Å². The Bertz CT molecular complexity index is 601. The highest BCUT2D eigenvalue weighted by Gasteiger charge is 2.16. The summed E-state index contributed by atoms with van der Waals surface area (Å²) in [7, 11) is 0. The lowest BCUT2D eigenvalue weighted by atomic mass is 9.90. The van der Waals surface area contributed by atoms with Gasteiger partial charge in [-0.05, 0) is 68.0 Å². The first-order chi connectivity index (χ1) is 9.74. The molecule has 0 bridgehead atoms. The molecule has 1 aliphatic rings. The van der Waals surface area contributed by atoms with Gasteiger partial charge in [-0.15, -0.1) is 0 Å². The number of hydrogen-bond acceptors (Lipinski definition) is 2. The normalized spacial score (nSPS) is 15.4. The highest BCUT2D eigenvalue weighted by atomic mass is 16.3. The summed E-state index contributed by atoms with van der Waals surface area (Å²) in [6, 6.07) is 9.65. The zero-order chi connectivity index (χ0) is 13.9. The van der Waals surface area contributed by atoms with Crippen LogP contribution in [0.25, 0.3) is 0 Å². The number of hydrogen-bond donors (Lipinski definition) is 1. The Morgan fingerprint density at radius 3 is 2.75 bits per heavy atom. The van der Waals surface area contributed by atoms with Gasteiger partial charge in [0.15, 0.2) is 0 Å². The third-order valence-corrected chi connectivity index (χ3v) is 3.93. The number of aryl methyl sites for hydroxylation is 2. The summed E-state index contributed by atoms with van der Waals surface area (Å²) in [4.78, 5) is 12.3. The van der Waals surface area contributed by atoms with Gasteiger partial charge in [0.1, 0.15) is 5.76 Å². The standard InChI is InChI=1S/C17H19NO2/c1-12(16-7-4-10-20-16)18-17(19)15-9-8-13-5-2-3-6-14(13)11-15/h4,7-12H,2-3,5-6H2,1H3,(H,18,19)/t12-/m0/s1. The van der Waals surface area contributed by atoms with Crippen LogP contribution in [-0.4, -0.2) is 5.91 Å². The molecule has 2 aromatic rings. The first-order valence-corrected chi connectivity index (χ1v) is 7.20. The molecule has 0 radical (unpaired) electrons. The van der Waals surface area contributed by atoms with Crippen molar-refractivity contribution < 1.29 is 9.21 Å². The fraction of sp³-hybridized carbons (Fsp3) is 0.353. The van der Waals surface area contributed by atoms with Gasteiger partial charge in [0.05, 0.1) is 12.3 Å². The van der Waals surface area contributed by atoms with E-state index in [-0.39, 0.29) is 11.9 Å². The van der Waals surface area contributed by atoms with Crippen LogP contribution in [-0.2, 0) is 12.8 Å². The lowest BCUT2D eigenvalue weighted by molar-refractivity contribution is 0.0935. The summed E-state index contributed by atoms with van der Waals surface area (Å²) in [6.07, 6.45) is 6.33. The summed E-state index contributed by atoms with van der Waals surface area (Å²) in [6.45, 7) is 1.93. The summed E-state index contributed by atoms with van der Waals surface area (Å²) in [5, 5.41) is 2.97.